The summed E-state index contributed by atoms with van der Waals surface area (Å²) >= 11 is 0. The van der Waals surface area contributed by atoms with E-state index in [1.54, 1.807) is 0 Å². The Labute approximate surface area is 144 Å². The molecule has 24 heavy (non-hydrogen) atoms. The summed E-state index contributed by atoms with van der Waals surface area (Å²) in [6.07, 6.45) is 0. The predicted molar refractivity (Wildman–Crippen MR) is 101 cm³/mol. The number of nitrogens with zero attached hydrogens (tertiary/aromatic N) is 2. The van der Waals surface area contributed by atoms with Gasteiger partial charge < -0.3 is 5.73 Å². The van der Waals surface area contributed by atoms with Crippen LogP contribution in [0.4, 0.5) is 5.82 Å². The minimum Gasteiger partial charge on any atom is -0.383 e. The van der Waals surface area contributed by atoms with Gasteiger partial charge in [-0.3, -0.25) is 0 Å². The van der Waals surface area contributed by atoms with E-state index in [0.29, 0.717) is 5.92 Å². The van der Waals surface area contributed by atoms with E-state index in [0.717, 1.165) is 22.6 Å². The Kier molecular flexibility index (Phi) is 4.18. The molecule has 3 heteroatoms. The summed E-state index contributed by atoms with van der Waals surface area (Å²) in [4.78, 5) is 0. The molecule has 0 atom stereocenters. The van der Waals surface area contributed by atoms with Gasteiger partial charge in [0.15, 0.2) is 0 Å². The van der Waals surface area contributed by atoms with Crippen molar-refractivity contribution >= 4 is 5.82 Å². The molecular weight excluding hydrogens is 294 g/mol. The molecule has 2 aromatic carbocycles. The Morgan fingerprint density at radius 2 is 1.46 bits per heavy atom. The van der Waals surface area contributed by atoms with E-state index >= 15 is 0 Å². The van der Waals surface area contributed by atoms with Gasteiger partial charge in [-0.15, -0.1) is 0 Å². The molecule has 1 aromatic heterocycles. The summed E-state index contributed by atoms with van der Waals surface area (Å²) in [5, 5.41) is 4.93. The summed E-state index contributed by atoms with van der Waals surface area (Å²) in [7, 11) is 0. The Bertz CT molecular complexity index is 815. The third-order valence-electron chi connectivity index (χ3n) is 4.57. The smallest absolute Gasteiger partial charge is 0.130 e. The number of rotatable bonds is 4. The van der Waals surface area contributed by atoms with E-state index in [-0.39, 0.29) is 5.54 Å². The Hall–Kier alpha value is -2.55. The molecule has 124 valence electrons. The van der Waals surface area contributed by atoms with Gasteiger partial charge in [0.25, 0.3) is 0 Å². The second-order valence-corrected chi connectivity index (χ2v) is 7.00. The molecule has 0 saturated carbocycles. The highest BCUT2D eigenvalue weighted by atomic mass is 15.4. The minimum absolute atomic E-state index is 0.301. The van der Waals surface area contributed by atoms with Crippen molar-refractivity contribution < 1.29 is 0 Å². The van der Waals surface area contributed by atoms with Crippen LogP contribution in [0.5, 0.6) is 0 Å². The maximum atomic E-state index is 6.60. The second-order valence-electron chi connectivity index (χ2n) is 7.00. The number of hydrogen-bond acceptors (Lipinski definition) is 2. The topological polar surface area (TPSA) is 43.8 Å². The lowest BCUT2D eigenvalue weighted by atomic mass is 9.94. The fraction of sp³-hybridized carbons (Fsp3) is 0.286. The maximum absolute atomic E-state index is 6.60. The average molecular weight is 319 g/mol. The molecule has 0 aliphatic heterocycles. The summed E-state index contributed by atoms with van der Waals surface area (Å²) in [6.45, 7) is 8.64. The maximum Gasteiger partial charge on any atom is 0.130 e. The zero-order valence-corrected chi connectivity index (χ0v) is 14.8. The highest BCUT2D eigenvalue weighted by molar-refractivity contribution is 5.77. The minimum atomic E-state index is -0.317. The highest BCUT2D eigenvalue weighted by Gasteiger charge is 2.30. The molecule has 0 saturated heterocycles. The summed E-state index contributed by atoms with van der Waals surface area (Å²) in [5.41, 5.74) is 10.7. The number of nitrogens with two attached hydrogens (primary N) is 1. The van der Waals surface area contributed by atoms with Crippen molar-refractivity contribution in [2.75, 3.05) is 5.73 Å². The van der Waals surface area contributed by atoms with Crippen LogP contribution >= 0.6 is 0 Å². The molecule has 0 amide bonds. The number of benzene rings is 2. The Morgan fingerprint density at radius 1 is 0.917 bits per heavy atom. The van der Waals surface area contributed by atoms with Crippen molar-refractivity contribution in [3.05, 3.63) is 71.9 Å². The van der Waals surface area contributed by atoms with E-state index in [2.05, 4.69) is 64.1 Å². The van der Waals surface area contributed by atoms with Gasteiger partial charge in [0.1, 0.15) is 5.82 Å². The quantitative estimate of drug-likeness (QED) is 0.732. The van der Waals surface area contributed by atoms with Crippen LogP contribution in [0, 0.1) is 0 Å². The van der Waals surface area contributed by atoms with E-state index < -0.39 is 0 Å². The zero-order chi connectivity index (χ0) is 17.3. The van der Waals surface area contributed by atoms with Gasteiger partial charge >= 0.3 is 0 Å². The van der Waals surface area contributed by atoms with E-state index in [1.165, 1.54) is 5.56 Å². The summed E-state index contributed by atoms with van der Waals surface area (Å²) in [6, 6.07) is 20.7. The first-order chi connectivity index (χ1) is 11.4. The monoisotopic (exact) mass is 319 g/mol. The van der Waals surface area contributed by atoms with Crippen molar-refractivity contribution in [2.24, 2.45) is 0 Å². The number of hydrogen-bond donors (Lipinski definition) is 1. The van der Waals surface area contributed by atoms with Crippen molar-refractivity contribution in [1.29, 1.82) is 0 Å². The van der Waals surface area contributed by atoms with E-state index in [9.17, 15) is 0 Å². The Balaban J connectivity index is 2.21. The van der Waals surface area contributed by atoms with Crippen LogP contribution < -0.4 is 5.73 Å². The van der Waals surface area contributed by atoms with Crippen molar-refractivity contribution in [2.45, 2.75) is 39.2 Å². The molecule has 3 nitrogen and oxygen atoms in total. The normalized spacial score (nSPS) is 11.9. The van der Waals surface area contributed by atoms with Gasteiger partial charge in [-0.25, -0.2) is 4.68 Å². The van der Waals surface area contributed by atoms with Crippen molar-refractivity contribution in [1.82, 2.24) is 9.78 Å². The first kappa shape index (κ1) is 16.3. The number of nitrogen functional groups attached to an aromatic ring is 1. The molecule has 0 fully saturated rings. The first-order valence-electron chi connectivity index (χ1n) is 8.42. The van der Waals surface area contributed by atoms with E-state index in [1.807, 2.05) is 28.9 Å². The molecule has 3 rings (SSSR count). The fourth-order valence-electron chi connectivity index (χ4n) is 3.15. The molecule has 3 aromatic rings. The third-order valence-corrected chi connectivity index (χ3v) is 4.57. The van der Waals surface area contributed by atoms with Crippen LogP contribution in [-0.2, 0) is 5.54 Å². The highest BCUT2D eigenvalue weighted by Crippen LogP contribution is 2.38. The van der Waals surface area contributed by atoms with Gasteiger partial charge in [-0.05, 0) is 30.9 Å². The van der Waals surface area contributed by atoms with Crippen LogP contribution in [-0.4, -0.2) is 9.78 Å². The molecule has 0 aliphatic carbocycles. The Morgan fingerprint density at radius 3 is 2.00 bits per heavy atom. The number of aromatic nitrogens is 2. The summed E-state index contributed by atoms with van der Waals surface area (Å²) < 4.78 is 1.97. The molecule has 2 N–H and O–H groups in total. The summed E-state index contributed by atoms with van der Waals surface area (Å²) in [5.74, 6) is 1.02. The zero-order valence-electron chi connectivity index (χ0n) is 14.8. The van der Waals surface area contributed by atoms with Gasteiger partial charge in [0.05, 0.1) is 11.2 Å². The molecule has 1 heterocycles. The fourth-order valence-corrected chi connectivity index (χ4v) is 3.15. The lowest BCUT2D eigenvalue weighted by Gasteiger charge is -2.27. The number of anilines is 1. The molecule has 0 aliphatic rings. The van der Waals surface area contributed by atoms with Crippen LogP contribution in [0.3, 0.4) is 0 Å². The molecule has 0 radical (unpaired) electrons. The standard InChI is InChI=1S/C21H25N3/c1-15(2)19-18(16-11-7-5-8-12-16)20(22)24(23-19)21(3,4)17-13-9-6-10-14-17/h5-15H,22H2,1-4H3. The van der Waals surface area contributed by atoms with Crippen LogP contribution in [0.15, 0.2) is 60.7 Å². The van der Waals surface area contributed by atoms with E-state index in [4.69, 9.17) is 10.8 Å². The van der Waals surface area contributed by atoms with Crippen LogP contribution in [0.25, 0.3) is 11.1 Å². The molecular formula is C21H25N3. The molecule has 0 spiro atoms. The van der Waals surface area contributed by atoms with Crippen molar-refractivity contribution in [3.63, 3.8) is 0 Å². The molecule has 0 unspecified atom stereocenters. The van der Waals surface area contributed by atoms with Crippen molar-refractivity contribution in [3.8, 4) is 11.1 Å². The largest absolute Gasteiger partial charge is 0.383 e. The van der Waals surface area contributed by atoms with Crippen LogP contribution in [0.1, 0.15) is 44.9 Å². The third kappa shape index (κ3) is 2.71. The van der Waals surface area contributed by atoms with Gasteiger partial charge in [0, 0.05) is 5.56 Å². The lowest BCUT2D eigenvalue weighted by Crippen LogP contribution is -2.30. The second kappa shape index (κ2) is 6.16. The molecule has 0 bridgehead atoms. The average Bonchev–Trinajstić information content (AvgIpc) is 2.95. The van der Waals surface area contributed by atoms with Crippen LogP contribution in [0.2, 0.25) is 0 Å². The lowest BCUT2D eigenvalue weighted by molar-refractivity contribution is 0.393. The SMILES string of the molecule is CC(C)c1nn(C(C)(C)c2ccccc2)c(N)c1-c1ccccc1. The van der Waals surface area contributed by atoms with Gasteiger partial charge in [0.2, 0.25) is 0 Å². The first-order valence-corrected chi connectivity index (χ1v) is 8.42. The van der Waals surface area contributed by atoms with Gasteiger partial charge in [-0.2, -0.15) is 5.10 Å². The van der Waals surface area contributed by atoms with Gasteiger partial charge in [-0.1, -0.05) is 74.5 Å². The predicted octanol–water partition coefficient (Wildman–Crippen LogP) is 5.04.